The summed E-state index contributed by atoms with van der Waals surface area (Å²) in [6.07, 6.45) is 4.52. The van der Waals surface area contributed by atoms with E-state index in [1.54, 1.807) is 0 Å². The van der Waals surface area contributed by atoms with Crippen LogP contribution in [-0.4, -0.2) is 0 Å². The lowest BCUT2D eigenvalue weighted by molar-refractivity contribution is 1.06. The van der Waals surface area contributed by atoms with Gasteiger partial charge in [0.05, 0.1) is 0 Å². The Morgan fingerprint density at radius 1 is 1.00 bits per heavy atom. The Balaban J connectivity index is 2.38. The first kappa shape index (κ1) is 12.4. The zero-order valence-corrected chi connectivity index (χ0v) is 13.1. The number of hydrogen-bond donors (Lipinski definition) is 0. The molecule has 0 nitrogen and oxygen atoms in total. The Morgan fingerprint density at radius 2 is 1.75 bits per heavy atom. The Kier molecular flexibility index (Phi) is 4.64. The molecule has 2 heteroatoms. The van der Waals surface area contributed by atoms with E-state index in [1.165, 1.54) is 22.3 Å². The van der Waals surface area contributed by atoms with Gasteiger partial charge in [-0.1, -0.05) is 87.2 Å². The van der Waals surface area contributed by atoms with E-state index in [-0.39, 0.29) is 0 Å². The first-order chi connectivity index (χ1) is 7.85. The molecule has 16 heavy (non-hydrogen) atoms. The van der Waals surface area contributed by atoms with Gasteiger partial charge in [-0.3, -0.25) is 0 Å². The second-order valence-corrected chi connectivity index (χ2v) is 5.01. The molecule has 2 rings (SSSR count). The lowest BCUT2D eigenvalue weighted by Crippen LogP contribution is -1.98. The molecule has 0 spiro atoms. The average molecular weight is 434 g/mol. The number of halogens is 2. The molecule has 0 heterocycles. The molecule has 0 fully saturated rings. The van der Waals surface area contributed by atoms with Crippen LogP contribution in [0.5, 0.6) is 0 Å². The van der Waals surface area contributed by atoms with Gasteiger partial charge >= 0.3 is 0 Å². The minimum Gasteiger partial charge on any atom is -0.0723 e. The van der Waals surface area contributed by atoms with Crippen LogP contribution < -0.4 is 0 Å². The zero-order chi connectivity index (χ0) is 11.4. The third kappa shape index (κ3) is 2.77. The van der Waals surface area contributed by atoms with E-state index >= 15 is 0 Å². The van der Waals surface area contributed by atoms with E-state index in [1.807, 2.05) is 0 Å². The van der Waals surface area contributed by atoms with E-state index in [0.717, 1.165) is 12.8 Å². The van der Waals surface area contributed by atoms with E-state index in [4.69, 9.17) is 0 Å². The highest BCUT2D eigenvalue weighted by molar-refractivity contribution is 14.1. The van der Waals surface area contributed by atoms with Crippen molar-refractivity contribution in [1.29, 1.82) is 0 Å². The molecular weight excluding hydrogens is 422 g/mol. The summed E-state index contributed by atoms with van der Waals surface area (Å²) in [5.41, 5.74) is 5.67. The standard InChI is InChI=1S/C14H12I2/c15-9-11-6-7-14(13(8-11)10-16)12-4-2-1-3-5-12/h1-5,7,9-10H,6,8H2. The summed E-state index contributed by atoms with van der Waals surface area (Å²) < 4.78 is 4.41. The maximum absolute atomic E-state index is 2.34. The van der Waals surface area contributed by atoms with Crippen molar-refractivity contribution < 1.29 is 0 Å². The first-order valence-electron chi connectivity index (χ1n) is 5.18. The van der Waals surface area contributed by atoms with Crippen molar-refractivity contribution in [2.45, 2.75) is 12.8 Å². The topological polar surface area (TPSA) is 0 Å². The summed E-state index contributed by atoms with van der Waals surface area (Å²) >= 11 is 4.68. The van der Waals surface area contributed by atoms with Crippen molar-refractivity contribution in [2.75, 3.05) is 0 Å². The highest BCUT2D eigenvalue weighted by atomic mass is 127. The summed E-state index contributed by atoms with van der Waals surface area (Å²) in [5, 5.41) is 0. The van der Waals surface area contributed by atoms with E-state index in [9.17, 15) is 0 Å². The fourth-order valence-electron chi connectivity index (χ4n) is 1.88. The Morgan fingerprint density at radius 3 is 2.38 bits per heavy atom. The van der Waals surface area contributed by atoms with Gasteiger partial charge in [-0.25, -0.2) is 0 Å². The second kappa shape index (κ2) is 6.00. The quantitative estimate of drug-likeness (QED) is 0.513. The van der Waals surface area contributed by atoms with Crippen LogP contribution in [0.3, 0.4) is 0 Å². The van der Waals surface area contributed by atoms with Gasteiger partial charge in [-0.2, -0.15) is 0 Å². The molecule has 82 valence electrons. The largest absolute Gasteiger partial charge is 0.0723 e. The van der Waals surface area contributed by atoms with E-state index in [0.29, 0.717) is 0 Å². The van der Waals surface area contributed by atoms with Crippen LogP contribution in [0.1, 0.15) is 18.4 Å². The summed E-state index contributed by atoms with van der Waals surface area (Å²) in [6.45, 7) is 0. The molecule has 0 saturated carbocycles. The van der Waals surface area contributed by atoms with Crippen LogP contribution >= 0.6 is 45.2 Å². The summed E-state index contributed by atoms with van der Waals surface area (Å²) in [5.74, 6) is 0. The van der Waals surface area contributed by atoms with Crippen molar-refractivity contribution >= 4 is 50.8 Å². The second-order valence-electron chi connectivity index (χ2n) is 3.77. The fraction of sp³-hybridized carbons (Fsp3) is 0.143. The van der Waals surface area contributed by atoms with E-state index in [2.05, 4.69) is 89.8 Å². The smallest absolute Gasteiger partial charge is 0.00459 e. The van der Waals surface area contributed by atoms with Crippen LogP contribution in [0.15, 0.2) is 55.7 Å². The molecule has 0 bridgehead atoms. The molecule has 0 radical (unpaired) electrons. The highest BCUT2D eigenvalue weighted by Gasteiger charge is 2.14. The highest BCUT2D eigenvalue weighted by Crippen LogP contribution is 2.35. The van der Waals surface area contributed by atoms with E-state index < -0.39 is 0 Å². The minimum absolute atomic E-state index is 1.08. The Bertz CT molecular complexity index is 453. The number of benzene rings is 1. The van der Waals surface area contributed by atoms with Crippen LogP contribution in [-0.2, 0) is 0 Å². The third-order valence-corrected chi connectivity index (χ3v) is 4.34. The molecule has 1 aliphatic rings. The molecule has 0 atom stereocenters. The van der Waals surface area contributed by atoms with Gasteiger partial charge in [-0.15, -0.1) is 0 Å². The van der Waals surface area contributed by atoms with Gasteiger partial charge in [0.25, 0.3) is 0 Å². The third-order valence-electron chi connectivity index (χ3n) is 2.70. The normalized spacial score (nSPS) is 21.2. The minimum atomic E-state index is 1.08. The van der Waals surface area contributed by atoms with Gasteiger partial charge < -0.3 is 0 Å². The van der Waals surface area contributed by atoms with Crippen molar-refractivity contribution in [3.63, 3.8) is 0 Å². The molecule has 1 aromatic carbocycles. The summed E-state index contributed by atoms with van der Waals surface area (Å²) in [7, 11) is 0. The Hall–Kier alpha value is -0.100. The first-order valence-corrected chi connectivity index (χ1v) is 7.67. The van der Waals surface area contributed by atoms with Gasteiger partial charge in [0, 0.05) is 0 Å². The molecule has 1 aromatic rings. The zero-order valence-electron chi connectivity index (χ0n) is 8.79. The monoisotopic (exact) mass is 434 g/mol. The maximum atomic E-state index is 2.34. The molecule has 0 aromatic heterocycles. The van der Waals surface area contributed by atoms with Crippen molar-refractivity contribution in [1.82, 2.24) is 0 Å². The molecule has 0 N–H and O–H groups in total. The molecule has 0 aliphatic heterocycles. The number of allylic oxidation sites excluding steroid dienone is 4. The van der Waals surface area contributed by atoms with Gasteiger partial charge in [0.15, 0.2) is 0 Å². The van der Waals surface area contributed by atoms with Crippen LogP contribution in [0.4, 0.5) is 0 Å². The van der Waals surface area contributed by atoms with Gasteiger partial charge in [-0.05, 0) is 37.7 Å². The maximum Gasteiger partial charge on any atom is -0.00459 e. The number of rotatable bonds is 1. The molecule has 1 aliphatic carbocycles. The Labute approximate surface area is 124 Å². The molecule has 0 saturated heterocycles. The summed E-state index contributed by atoms with van der Waals surface area (Å²) in [4.78, 5) is 0. The van der Waals surface area contributed by atoms with Crippen molar-refractivity contribution in [3.8, 4) is 0 Å². The van der Waals surface area contributed by atoms with Gasteiger partial charge in [0.1, 0.15) is 0 Å². The predicted molar refractivity (Wildman–Crippen MR) is 87.9 cm³/mol. The van der Waals surface area contributed by atoms with Crippen LogP contribution in [0.2, 0.25) is 0 Å². The van der Waals surface area contributed by atoms with Gasteiger partial charge in [0.2, 0.25) is 0 Å². The SMILES string of the molecule is IC=C1CC=C(c2ccccc2)C(=CI)C1. The molecule has 0 amide bonds. The number of hydrogen-bond acceptors (Lipinski definition) is 0. The van der Waals surface area contributed by atoms with Crippen LogP contribution in [0, 0.1) is 0 Å². The van der Waals surface area contributed by atoms with Crippen molar-refractivity contribution in [2.24, 2.45) is 0 Å². The fourth-order valence-corrected chi connectivity index (χ4v) is 2.91. The van der Waals surface area contributed by atoms with Crippen molar-refractivity contribution in [3.05, 3.63) is 61.3 Å². The lowest BCUT2D eigenvalue weighted by Gasteiger charge is -2.19. The van der Waals surface area contributed by atoms with Crippen LogP contribution in [0.25, 0.3) is 5.57 Å². The molecular formula is C14H12I2. The predicted octanol–water partition coefficient (Wildman–Crippen LogP) is 5.50. The molecule has 0 unspecified atom stereocenters. The lowest BCUT2D eigenvalue weighted by atomic mass is 9.87. The average Bonchev–Trinajstić information content (AvgIpc) is 2.39. The summed E-state index contributed by atoms with van der Waals surface area (Å²) in [6, 6.07) is 10.6.